The molecule has 2 rings (SSSR count). The van der Waals surface area contributed by atoms with E-state index in [9.17, 15) is 4.79 Å². The molecule has 2 heterocycles. The summed E-state index contributed by atoms with van der Waals surface area (Å²) in [5, 5.41) is 0. The molecule has 0 bridgehead atoms. The molecule has 0 radical (unpaired) electrons. The highest BCUT2D eigenvalue weighted by atomic mass is 16.6. The standard InChI is InChI=1S/C18H24N2O2/c1-2-15-22-18(21)20-13-9-17(10-14-20)6-4-3-5-16-7-11-19-12-8-16/h1,7-8,11-12,17H,3-6,9-10,13-15H2. The number of carbonyl (C=O) groups is 1. The van der Waals surface area contributed by atoms with Crippen LogP contribution in [0.15, 0.2) is 24.5 Å². The Bertz CT molecular complexity index is 488. The number of pyridine rings is 1. The largest absolute Gasteiger partial charge is 0.436 e. The van der Waals surface area contributed by atoms with Crippen molar-refractivity contribution in [3.05, 3.63) is 30.1 Å². The molecule has 1 aliphatic rings. The third-order valence-corrected chi connectivity index (χ3v) is 4.23. The Labute approximate surface area is 132 Å². The summed E-state index contributed by atoms with van der Waals surface area (Å²) in [5.41, 5.74) is 1.36. The number of ether oxygens (including phenoxy) is 1. The van der Waals surface area contributed by atoms with Gasteiger partial charge in [-0.2, -0.15) is 0 Å². The van der Waals surface area contributed by atoms with Crippen LogP contribution in [-0.2, 0) is 11.2 Å². The normalized spacial score (nSPS) is 15.3. The van der Waals surface area contributed by atoms with Crippen molar-refractivity contribution in [3.63, 3.8) is 0 Å². The van der Waals surface area contributed by atoms with Gasteiger partial charge in [-0.25, -0.2) is 4.79 Å². The number of rotatable bonds is 6. The number of amides is 1. The van der Waals surface area contributed by atoms with Crippen LogP contribution in [0.2, 0.25) is 0 Å². The minimum absolute atomic E-state index is 0.0633. The van der Waals surface area contributed by atoms with E-state index < -0.39 is 0 Å². The maximum absolute atomic E-state index is 11.7. The molecule has 0 unspecified atom stereocenters. The number of hydrogen-bond acceptors (Lipinski definition) is 3. The first-order chi connectivity index (χ1) is 10.8. The molecule has 4 heteroatoms. The second-order valence-corrected chi connectivity index (χ2v) is 5.79. The van der Waals surface area contributed by atoms with Gasteiger partial charge in [0.1, 0.15) is 0 Å². The highest BCUT2D eigenvalue weighted by Crippen LogP contribution is 2.23. The fraction of sp³-hybridized carbons (Fsp3) is 0.556. The van der Waals surface area contributed by atoms with Crippen molar-refractivity contribution >= 4 is 6.09 Å². The molecule has 1 fully saturated rings. The van der Waals surface area contributed by atoms with Gasteiger partial charge in [0.2, 0.25) is 0 Å². The van der Waals surface area contributed by atoms with Crippen LogP contribution in [-0.4, -0.2) is 35.7 Å². The molecule has 1 aliphatic heterocycles. The van der Waals surface area contributed by atoms with E-state index in [0.717, 1.165) is 38.3 Å². The Morgan fingerprint density at radius 1 is 1.32 bits per heavy atom. The Morgan fingerprint density at radius 2 is 2.05 bits per heavy atom. The molecule has 118 valence electrons. The molecule has 0 spiro atoms. The molecule has 1 amide bonds. The second kappa shape index (κ2) is 9.09. The van der Waals surface area contributed by atoms with E-state index in [-0.39, 0.29) is 12.7 Å². The highest BCUT2D eigenvalue weighted by Gasteiger charge is 2.23. The molecule has 22 heavy (non-hydrogen) atoms. The summed E-state index contributed by atoms with van der Waals surface area (Å²) in [6, 6.07) is 4.17. The van der Waals surface area contributed by atoms with Crippen LogP contribution in [0, 0.1) is 18.3 Å². The van der Waals surface area contributed by atoms with E-state index in [4.69, 9.17) is 11.2 Å². The van der Waals surface area contributed by atoms with Crippen LogP contribution >= 0.6 is 0 Å². The lowest BCUT2D eigenvalue weighted by molar-refractivity contribution is 0.0963. The fourth-order valence-corrected chi connectivity index (χ4v) is 2.91. The van der Waals surface area contributed by atoms with Crippen molar-refractivity contribution in [2.24, 2.45) is 5.92 Å². The summed E-state index contributed by atoms with van der Waals surface area (Å²) < 4.78 is 4.96. The Balaban J connectivity index is 1.58. The van der Waals surface area contributed by atoms with Crippen molar-refractivity contribution in [2.45, 2.75) is 38.5 Å². The molecule has 4 nitrogen and oxygen atoms in total. The van der Waals surface area contributed by atoms with Crippen LogP contribution < -0.4 is 0 Å². The lowest BCUT2D eigenvalue weighted by atomic mass is 9.91. The number of unbranched alkanes of at least 4 members (excludes halogenated alkanes) is 1. The van der Waals surface area contributed by atoms with Gasteiger partial charge in [0, 0.05) is 25.5 Å². The third kappa shape index (κ3) is 5.40. The summed E-state index contributed by atoms with van der Waals surface area (Å²) in [6.45, 7) is 1.64. The predicted molar refractivity (Wildman–Crippen MR) is 86.3 cm³/mol. The number of aryl methyl sites for hydroxylation is 1. The Hall–Kier alpha value is -2.02. The van der Waals surface area contributed by atoms with Crippen LogP contribution in [0.25, 0.3) is 0 Å². The molecule has 0 N–H and O–H groups in total. The van der Waals surface area contributed by atoms with Crippen molar-refractivity contribution < 1.29 is 9.53 Å². The lowest BCUT2D eigenvalue weighted by Gasteiger charge is -2.31. The monoisotopic (exact) mass is 300 g/mol. The van der Waals surface area contributed by atoms with Gasteiger partial charge in [-0.1, -0.05) is 18.8 Å². The topological polar surface area (TPSA) is 42.4 Å². The second-order valence-electron chi connectivity index (χ2n) is 5.79. The summed E-state index contributed by atoms with van der Waals surface area (Å²) in [4.78, 5) is 17.5. The number of likely N-dealkylation sites (tertiary alicyclic amines) is 1. The average Bonchev–Trinajstić information content (AvgIpc) is 2.58. The number of carbonyl (C=O) groups excluding carboxylic acids is 1. The zero-order valence-electron chi connectivity index (χ0n) is 13.0. The fourth-order valence-electron chi connectivity index (χ4n) is 2.91. The molecule has 0 saturated carbocycles. The van der Waals surface area contributed by atoms with Gasteiger partial charge >= 0.3 is 6.09 Å². The van der Waals surface area contributed by atoms with Crippen molar-refractivity contribution in [1.82, 2.24) is 9.88 Å². The molecule has 1 saturated heterocycles. The summed E-state index contributed by atoms with van der Waals surface area (Å²) in [5.74, 6) is 3.05. The third-order valence-electron chi connectivity index (χ3n) is 4.23. The predicted octanol–water partition coefficient (Wildman–Crippen LogP) is 3.28. The van der Waals surface area contributed by atoms with E-state index >= 15 is 0 Å². The van der Waals surface area contributed by atoms with Crippen molar-refractivity contribution in [2.75, 3.05) is 19.7 Å². The zero-order valence-corrected chi connectivity index (χ0v) is 13.0. The van der Waals surface area contributed by atoms with E-state index in [1.54, 1.807) is 4.90 Å². The maximum Gasteiger partial charge on any atom is 0.410 e. The van der Waals surface area contributed by atoms with Gasteiger partial charge in [0.25, 0.3) is 0 Å². The van der Waals surface area contributed by atoms with Gasteiger partial charge in [-0.05, 0) is 49.3 Å². The number of aromatic nitrogens is 1. The molecule has 0 aromatic carbocycles. The van der Waals surface area contributed by atoms with Gasteiger partial charge < -0.3 is 9.64 Å². The number of nitrogens with zero attached hydrogens (tertiary/aromatic N) is 2. The molecule has 0 atom stereocenters. The quantitative estimate of drug-likeness (QED) is 0.598. The van der Waals surface area contributed by atoms with Gasteiger partial charge in [-0.15, -0.1) is 6.42 Å². The maximum atomic E-state index is 11.7. The molecule has 1 aromatic heterocycles. The van der Waals surface area contributed by atoms with Gasteiger partial charge in [0.05, 0.1) is 0 Å². The van der Waals surface area contributed by atoms with E-state index in [1.165, 1.54) is 24.8 Å². The molecule has 1 aromatic rings. The molecular formula is C18H24N2O2. The zero-order chi connectivity index (χ0) is 15.6. The van der Waals surface area contributed by atoms with E-state index in [0.29, 0.717) is 0 Å². The van der Waals surface area contributed by atoms with Gasteiger partial charge in [0.15, 0.2) is 6.61 Å². The first kappa shape index (κ1) is 16.4. The average molecular weight is 300 g/mol. The summed E-state index contributed by atoms with van der Waals surface area (Å²) in [7, 11) is 0. The van der Waals surface area contributed by atoms with Crippen LogP contribution in [0.4, 0.5) is 4.79 Å². The minimum Gasteiger partial charge on any atom is -0.436 e. The van der Waals surface area contributed by atoms with Crippen molar-refractivity contribution in [3.8, 4) is 12.3 Å². The first-order valence-corrected chi connectivity index (χ1v) is 8.03. The number of piperidine rings is 1. The minimum atomic E-state index is -0.269. The van der Waals surface area contributed by atoms with Crippen molar-refractivity contribution in [1.29, 1.82) is 0 Å². The highest BCUT2D eigenvalue weighted by molar-refractivity contribution is 5.67. The molecular weight excluding hydrogens is 276 g/mol. The first-order valence-electron chi connectivity index (χ1n) is 8.03. The Kier molecular flexibility index (Phi) is 6.76. The van der Waals surface area contributed by atoms with E-state index in [2.05, 4.69) is 23.0 Å². The summed E-state index contributed by atoms with van der Waals surface area (Å²) >= 11 is 0. The SMILES string of the molecule is C#CCOC(=O)N1CCC(CCCCc2ccncc2)CC1. The van der Waals surface area contributed by atoms with Gasteiger partial charge in [-0.3, -0.25) is 4.98 Å². The molecule has 0 aliphatic carbocycles. The Morgan fingerprint density at radius 3 is 2.73 bits per heavy atom. The van der Waals surface area contributed by atoms with Crippen LogP contribution in [0.3, 0.4) is 0 Å². The lowest BCUT2D eigenvalue weighted by Crippen LogP contribution is -2.38. The van der Waals surface area contributed by atoms with E-state index in [1.807, 2.05) is 12.4 Å². The summed E-state index contributed by atoms with van der Waals surface area (Å²) in [6.07, 6.45) is 15.5. The van der Waals surface area contributed by atoms with Crippen LogP contribution in [0.1, 0.15) is 37.7 Å². The number of terminal acetylenes is 1. The smallest absolute Gasteiger partial charge is 0.410 e. The van der Waals surface area contributed by atoms with Crippen LogP contribution in [0.5, 0.6) is 0 Å². The number of hydrogen-bond donors (Lipinski definition) is 0.